The molecule has 0 spiro atoms. The van der Waals surface area contributed by atoms with Gasteiger partial charge in [0, 0.05) is 11.1 Å². The lowest BCUT2D eigenvalue weighted by Gasteiger charge is -2.28. The molecular weight excluding hydrogens is 414 g/mol. The molecule has 0 amide bonds. The molecule has 1 atom stereocenters. The second-order valence-corrected chi connectivity index (χ2v) is 8.28. The molecule has 0 fully saturated rings. The quantitative estimate of drug-likeness (QED) is 0.192. The molecule has 0 saturated carbocycles. The lowest BCUT2D eigenvalue weighted by Crippen LogP contribution is -2.37. The summed E-state index contributed by atoms with van der Waals surface area (Å²) in [6.07, 6.45) is -0.0231. The van der Waals surface area contributed by atoms with E-state index in [2.05, 4.69) is 141 Å². The molecular formula is C32H33NO. The van der Waals surface area contributed by atoms with Gasteiger partial charge in [0.05, 0.1) is 0 Å². The fraction of sp³-hybridized carbons (Fsp3) is 0.188. The van der Waals surface area contributed by atoms with Gasteiger partial charge >= 0.3 is 0 Å². The number of ether oxygens (including phenoxy) is 1. The van der Waals surface area contributed by atoms with Crippen LogP contribution in [0.3, 0.4) is 0 Å². The average molecular weight is 448 g/mol. The Morgan fingerprint density at radius 3 is 1.47 bits per heavy atom. The second kappa shape index (κ2) is 11.5. The summed E-state index contributed by atoms with van der Waals surface area (Å²) in [5, 5.41) is 0. The Labute approximate surface area is 204 Å². The van der Waals surface area contributed by atoms with Gasteiger partial charge in [0.25, 0.3) is 0 Å². The number of hydrogen-bond acceptors (Lipinski definition) is 2. The van der Waals surface area contributed by atoms with E-state index in [4.69, 9.17) is 4.74 Å². The van der Waals surface area contributed by atoms with Gasteiger partial charge < -0.3 is 4.74 Å². The predicted molar refractivity (Wildman–Crippen MR) is 144 cm³/mol. The van der Waals surface area contributed by atoms with E-state index in [0.29, 0.717) is 0 Å². The highest BCUT2D eigenvalue weighted by Crippen LogP contribution is 2.40. The Morgan fingerprint density at radius 2 is 1.00 bits per heavy atom. The molecule has 1 unspecified atom stereocenters. The Morgan fingerprint density at radius 1 is 0.588 bits per heavy atom. The summed E-state index contributed by atoms with van der Waals surface area (Å²) in [6.45, 7) is 8.37. The van der Waals surface area contributed by atoms with E-state index in [1.165, 1.54) is 22.3 Å². The van der Waals surface area contributed by atoms with Crippen molar-refractivity contribution in [3.8, 4) is 5.75 Å². The lowest BCUT2D eigenvalue weighted by atomic mass is 9.85. The Hall–Kier alpha value is -3.62. The van der Waals surface area contributed by atoms with Crippen molar-refractivity contribution in [3.63, 3.8) is 0 Å². The van der Waals surface area contributed by atoms with Crippen molar-refractivity contribution in [2.24, 2.45) is 0 Å². The maximum absolute atomic E-state index is 6.61. The van der Waals surface area contributed by atoms with Crippen molar-refractivity contribution >= 4 is 11.1 Å². The minimum absolute atomic E-state index is 0.0231. The third kappa shape index (κ3) is 5.30. The topological polar surface area (TPSA) is 12.5 Å². The number of benzene rings is 4. The smallest absolute Gasteiger partial charge is 0.149 e. The zero-order valence-electron chi connectivity index (χ0n) is 20.3. The van der Waals surface area contributed by atoms with Crippen LogP contribution in [0.5, 0.6) is 5.75 Å². The van der Waals surface area contributed by atoms with Gasteiger partial charge in [-0.05, 0) is 48.3 Å². The predicted octanol–water partition coefficient (Wildman–Crippen LogP) is 7.76. The molecule has 0 heterocycles. The van der Waals surface area contributed by atoms with Crippen molar-refractivity contribution in [2.45, 2.75) is 27.0 Å². The Bertz CT molecular complexity index is 1150. The molecule has 0 N–H and O–H groups in total. The van der Waals surface area contributed by atoms with Crippen molar-refractivity contribution in [3.05, 3.63) is 138 Å². The number of hydrogen-bond donors (Lipinski definition) is 0. The molecule has 0 aliphatic heterocycles. The van der Waals surface area contributed by atoms with Crippen molar-refractivity contribution < 1.29 is 4.74 Å². The van der Waals surface area contributed by atoms with Crippen molar-refractivity contribution in [1.29, 1.82) is 0 Å². The van der Waals surface area contributed by atoms with Crippen molar-refractivity contribution in [1.82, 2.24) is 4.90 Å². The van der Waals surface area contributed by atoms with Crippen LogP contribution < -0.4 is 4.74 Å². The van der Waals surface area contributed by atoms with Crippen molar-refractivity contribution in [2.75, 3.05) is 13.1 Å². The maximum atomic E-state index is 6.61. The molecule has 0 aliphatic rings. The fourth-order valence-electron chi connectivity index (χ4n) is 4.48. The molecule has 4 aromatic carbocycles. The summed E-state index contributed by atoms with van der Waals surface area (Å²) in [5.41, 5.74) is 6.98. The molecule has 172 valence electrons. The molecule has 4 rings (SSSR count). The first-order chi connectivity index (χ1) is 16.7. The minimum atomic E-state index is -0.0231. The molecule has 2 heteroatoms. The van der Waals surface area contributed by atoms with E-state index in [1.807, 2.05) is 0 Å². The van der Waals surface area contributed by atoms with Gasteiger partial charge in [0.1, 0.15) is 12.0 Å². The summed E-state index contributed by atoms with van der Waals surface area (Å²) in [6, 6.07) is 40.4. The molecule has 0 aromatic heterocycles. The highest BCUT2D eigenvalue weighted by atomic mass is 16.5. The number of para-hydroxylation sites is 1. The standard InChI is InChI=1S/C32H33NO/c1-4-33(5-2)25(3)34-30-24-16-15-23-29(30)32(28-21-13-8-14-22-28)31(26-17-9-6-10-18-26)27-19-11-7-12-20-27/h6-25H,4-5H2,1-3H3. The van der Waals surface area contributed by atoms with Crippen LogP contribution >= 0.6 is 0 Å². The number of nitrogens with zero attached hydrogens (tertiary/aromatic N) is 1. The first-order valence-electron chi connectivity index (χ1n) is 12.1. The molecule has 2 nitrogen and oxygen atoms in total. The Kier molecular flexibility index (Phi) is 7.95. The molecule has 0 bridgehead atoms. The highest BCUT2D eigenvalue weighted by molar-refractivity contribution is 6.05. The Balaban J connectivity index is 2.00. The van der Waals surface area contributed by atoms with Gasteiger partial charge in [-0.2, -0.15) is 0 Å². The third-order valence-corrected chi connectivity index (χ3v) is 6.22. The molecule has 0 aliphatic carbocycles. The van der Waals surface area contributed by atoms with E-state index in [-0.39, 0.29) is 6.23 Å². The van der Waals surface area contributed by atoms with Gasteiger partial charge in [0.15, 0.2) is 0 Å². The molecule has 34 heavy (non-hydrogen) atoms. The van der Waals surface area contributed by atoms with Gasteiger partial charge in [-0.3, -0.25) is 4.90 Å². The maximum Gasteiger partial charge on any atom is 0.149 e. The van der Waals surface area contributed by atoms with E-state index in [9.17, 15) is 0 Å². The normalized spacial score (nSPS) is 11.8. The van der Waals surface area contributed by atoms with Gasteiger partial charge in [-0.1, -0.05) is 123 Å². The van der Waals surface area contributed by atoms with Crippen LogP contribution in [-0.2, 0) is 0 Å². The first kappa shape index (κ1) is 23.5. The SMILES string of the molecule is CCN(CC)C(C)Oc1ccccc1C(=C(c1ccccc1)c1ccccc1)c1ccccc1. The molecule has 4 aromatic rings. The van der Waals surface area contributed by atoms with Gasteiger partial charge in [0.2, 0.25) is 0 Å². The third-order valence-electron chi connectivity index (χ3n) is 6.22. The summed E-state index contributed by atoms with van der Waals surface area (Å²) in [5.74, 6) is 0.894. The van der Waals surface area contributed by atoms with E-state index >= 15 is 0 Å². The average Bonchev–Trinajstić information content (AvgIpc) is 2.90. The van der Waals surface area contributed by atoms with Gasteiger partial charge in [-0.25, -0.2) is 0 Å². The second-order valence-electron chi connectivity index (χ2n) is 8.28. The summed E-state index contributed by atoms with van der Waals surface area (Å²) in [7, 11) is 0. The monoisotopic (exact) mass is 447 g/mol. The van der Waals surface area contributed by atoms with Crippen LogP contribution in [0.25, 0.3) is 11.1 Å². The van der Waals surface area contributed by atoms with Gasteiger partial charge in [-0.15, -0.1) is 0 Å². The summed E-state index contributed by atoms with van der Waals surface area (Å²) in [4.78, 5) is 2.32. The first-order valence-corrected chi connectivity index (χ1v) is 12.1. The van der Waals surface area contributed by atoms with E-state index in [1.54, 1.807) is 0 Å². The molecule has 0 saturated heterocycles. The minimum Gasteiger partial charge on any atom is -0.475 e. The van der Waals surface area contributed by atoms with E-state index in [0.717, 1.165) is 30.0 Å². The summed E-state index contributed by atoms with van der Waals surface area (Å²) >= 11 is 0. The van der Waals surface area contributed by atoms with E-state index < -0.39 is 0 Å². The van der Waals surface area contributed by atoms with Crippen LogP contribution in [0, 0.1) is 0 Å². The zero-order chi connectivity index (χ0) is 23.8. The fourth-order valence-corrected chi connectivity index (χ4v) is 4.48. The zero-order valence-corrected chi connectivity index (χ0v) is 20.3. The van der Waals surface area contributed by atoms with Crippen LogP contribution in [-0.4, -0.2) is 24.2 Å². The number of rotatable bonds is 9. The lowest BCUT2D eigenvalue weighted by molar-refractivity contribution is 0.0478. The van der Waals surface area contributed by atoms with Crippen LogP contribution in [0.2, 0.25) is 0 Å². The highest BCUT2D eigenvalue weighted by Gasteiger charge is 2.21. The largest absolute Gasteiger partial charge is 0.475 e. The van der Waals surface area contributed by atoms with Crippen LogP contribution in [0.1, 0.15) is 43.0 Å². The van der Waals surface area contributed by atoms with Crippen LogP contribution in [0.15, 0.2) is 115 Å². The van der Waals surface area contributed by atoms with Crippen LogP contribution in [0.4, 0.5) is 0 Å². The molecule has 0 radical (unpaired) electrons. The summed E-state index contributed by atoms with van der Waals surface area (Å²) < 4.78 is 6.61.